The van der Waals surface area contributed by atoms with Crippen molar-refractivity contribution in [1.29, 1.82) is 0 Å². The van der Waals surface area contributed by atoms with Gasteiger partial charge in [0.05, 0.1) is 0 Å². The van der Waals surface area contributed by atoms with Gasteiger partial charge in [-0.3, -0.25) is 0 Å². The fourth-order valence-electron chi connectivity index (χ4n) is 1.65. The first kappa shape index (κ1) is 10.3. The van der Waals surface area contributed by atoms with Gasteiger partial charge in [0.25, 0.3) is 0 Å². The van der Waals surface area contributed by atoms with Crippen LogP contribution in [0.5, 0.6) is 0 Å². The molecule has 3 aromatic rings. The van der Waals surface area contributed by atoms with Gasteiger partial charge >= 0.3 is 0 Å². The number of anilines is 1. The summed E-state index contributed by atoms with van der Waals surface area (Å²) in [5.41, 5.74) is 8.11. The summed E-state index contributed by atoms with van der Waals surface area (Å²) < 4.78 is 2.69. The second-order valence-electron chi connectivity index (χ2n) is 3.68. The molecule has 3 rings (SSSR count). The molecule has 17 heavy (non-hydrogen) atoms. The van der Waals surface area contributed by atoms with Crippen molar-refractivity contribution >= 4 is 27.3 Å². The Hall–Kier alpha value is -1.88. The highest BCUT2D eigenvalue weighted by molar-refractivity contribution is 9.10. The number of fused-ring (bicyclic) bond motifs is 1. The molecule has 0 aliphatic carbocycles. The molecule has 1 aromatic carbocycles. The molecule has 0 saturated heterocycles. The molecule has 0 radical (unpaired) electrons. The van der Waals surface area contributed by atoms with E-state index in [0.29, 0.717) is 11.5 Å². The highest BCUT2D eigenvalue weighted by atomic mass is 79.9. The molecule has 0 spiro atoms. The smallest absolute Gasteiger partial charge is 0.183 e. The Morgan fingerprint density at radius 2 is 2.00 bits per heavy atom. The first-order valence-corrected chi connectivity index (χ1v) is 5.90. The Kier molecular flexibility index (Phi) is 2.33. The molecule has 2 heterocycles. The van der Waals surface area contributed by atoms with Crippen molar-refractivity contribution in [3.05, 3.63) is 47.1 Å². The SMILES string of the molecule is Nc1ccn2nc(-c3ccccc3Br)nc2c1. The quantitative estimate of drug-likeness (QED) is 0.749. The van der Waals surface area contributed by atoms with E-state index >= 15 is 0 Å². The molecule has 0 unspecified atom stereocenters. The largest absolute Gasteiger partial charge is 0.399 e. The fraction of sp³-hybridized carbons (Fsp3) is 0. The Morgan fingerprint density at radius 1 is 1.18 bits per heavy atom. The van der Waals surface area contributed by atoms with Crippen LogP contribution in [-0.2, 0) is 0 Å². The second kappa shape index (κ2) is 3.85. The highest BCUT2D eigenvalue weighted by Gasteiger charge is 2.08. The normalized spacial score (nSPS) is 10.9. The predicted octanol–water partition coefficient (Wildman–Crippen LogP) is 2.74. The van der Waals surface area contributed by atoms with E-state index < -0.39 is 0 Å². The molecule has 0 bridgehead atoms. The lowest BCUT2D eigenvalue weighted by Crippen LogP contribution is -1.89. The minimum absolute atomic E-state index is 0.683. The van der Waals surface area contributed by atoms with E-state index in [-0.39, 0.29) is 0 Å². The van der Waals surface area contributed by atoms with Gasteiger partial charge in [-0.25, -0.2) is 9.50 Å². The molecular weight excluding hydrogens is 280 g/mol. The van der Waals surface area contributed by atoms with Crippen LogP contribution in [-0.4, -0.2) is 14.6 Å². The third-order valence-corrected chi connectivity index (χ3v) is 3.17. The maximum Gasteiger partial charge on any atom is 0.183 e. The van der Waals surface area contributed by atoms with E-state index in [1.165, 1.54) is 0 Å². The lowest BCUT2D eigenvalue weighted by molar-refractivity contribution is 0.966. The average Bonchev–Trinajstić information content (AvgIpc) is 2.72. The van der Waals surface area contributed by atoms with E-state index in [4.69, 9.17) is 5.73 Å². The molecule has 4 nitrogen and oxygen atoms in total. The summed E-state index contributed by atoms with van der Waals surface area (Å²) in [5.74, 6) is 0.683. The van der Waals surface area contributed by atoms with Crippen LogP contribution in [0.4, 0.5) is 5.69 Å². The molecule has 0 fully saturated rings. The standard InChI is InChI=1S/C12H9BrN4/c13-10-4-2-1-3-9(10)12-15-11-7-8(14)5-6-17(11)16-12/h1-7H,14H2. The fourth-order valence-corrected chi connectivity index (χ4v) is 2.12. The Bertz CT molecular complexity index is 690. The van der Waals surface area contributed by atoms with Crippen LogP contribution in [0.25, 0.3) is 17.0 Å². The summed E-state index contributed by atoms with van der Waals surface area (Å²) in [6, 6.07) is 11.5. The molecule has 0 atom stereocenters. The topological polar surface area (TPSA) is 56.2 Å². The Balaban J connectivity index is 2.22. The summed E-state index contributed by atoms with van der Waals surface area (Å²) >= 11 is 3.49. The zero-order chi connectivity index (χ0) is 11.8. The minimum Gasteiger partial charge on any atom is -0.399 e. The second-order valence-corrected chi connectivity index (χ2v) is 4.53. The molecule has 2 aromatic heterocycles. The number of nitrogen functional groups attached to an aromatic ring is 1. The first-order chi connectivity index (χ1) is 8.24. The summed E-state index contributed by atoms with van der Waals surface area (Å²) in [6.07, 6.45) is 1.80. The number of pyridine rings is 1. The van der Waals surface area contributed by atoms with Crippen molar-refractivity contribution in [2.24, 2.45) is 0 Å². The van der Waals surface area contributed by atoms with Gasteiger partial charge in [0.15, 0.2) is 11.5 Å². The first-order valence-electron chi connectivity index (χ1n) is 5.11. The number of nitrogens with two attached hydrogens (primary N) is 1. The number of benzene rings is 1. The van der Waals surface area contributed by atoms with Crippen LogP contribution < -0.4 is 5.73 Å². The Morgan fingerprint density at radius 3 is 2.82 bits per heavy atom. The molecule has 84 valence electrons. The molecule has 5 heteroatoms. The van der Waals surface area contributed by atoms with E-state index in [2.05, 4.69) is 26.0 Å². The lowest BCUT2D eigenvalue weighted by Gasteiger charge is -1.96. The van der Waals surface area contributed by atoms with Crippen molar-refractivity contribution < 1.29 is 0 Å². The van der Waals surface area contributed by atoms with Gasteiger partial charge in [-0.15, -0.1) is 5.10 Å². The Labute approximate surface area is 106 Å². The van der Waals surface area contributed by atoms with E-state index in [9.17, 15) is 0 Å². The number of nitrogens with zero attached hydrogens (tertiary/aromatic N) is 3. The van der Waals surface area contributed by atoms with Crippen LogP contribution >= 0.6 is 15.9 Å². The number of aromatic nitrogens is 3. The summed E-state index contributed by atoms with van der Waals surface area (Å²) in [6.45, 7) is 0. The van der Waals surface area contributed by atoms with Crippen LogP contribution in [0.2, 0.25) is 0 Å². The maximum absolute atomic E-state index is 5.71. The van der Waals surface area contributed by atoms with Crippen molar-refractivity contribution in [2.45, 2.75) is 0 Å². The lowest BCUT2D eigenvalue weighted by atomic mass is 10.2. The monoisotopic (exact) mass is 288 g/mol. The van der Waals surface area contributed by atoms with Gasteiger partial charge in [0.1, 0.15) is 0 Å². The highest BCUT2D eigenvalue weighted by Crippen LogP contribution is 2.25. The van der Waals surface area contributed by atoms with Gasteiger partial charge in [-0.05, 0) is 18.2 Å². The maximum atomic E-state index is 5.71. The van der Waals surface area contributed by atoms with Crippen molar-refractivity contribution in [3.63, 3.8) is 0 Å². The number of hydrogen-bond donors (Lipinski definition) is 1. The third kappa shape index (κ3) is 1.78. The molecule has 0 aliphatic heterocycles. The van der Waals surface area contributed by atoms with Gasteiger partial charge in [0.2, 0.25) is 0 Å². The predicted molar refractivity (Wildman–Crippen MR) is 70.5 cm³/mol. The van der Waals surface area contributed by atoms with Gasteiger partial charge < -0.3 is 5.73 Å². The van der Waals surface area contributed by atoms with Gasteiger partial charge in [-0.1, -0.05) is 28.1 Å². The number of halogens is 1. The van der Waals surface area contributed by atoms with E-state index in [0.717, 1.165) is 15.7 Å². The van der Waals surface area contributed by atoms with Gasteiger partial charge in [0, 0.05) is 28.0 Å². The van der Waals surface area contributed by atoms with Crippen LogP contribution in [0.15, 0.2) is 47.1 Å². The molecule has 2 N–H and O–H groups in total. The van der Waals surface area contributed by atoms with Crippen molar-refractivity contribution in [1.82, 2.24) is 14.6 Å². The summed E-state index contributed by atoms with van der Waals surface area (Å²) in [7, 11) is 0. The van der Waals surface area contributed by atoms with Crippen LogP contribution in [0.1, 0.15) is 0 Å². The van der Waals surface area contributed by atoms with Crippen molar-refractivity contribution in [2.75, 3.05) is 5.73 Å². The van der Waals surface area contributed by atoms with E-state index in [1.807, 2.05) is 24.3 Å². The molecule has 0 saturated carbocycles. The molecule has 0 amide bonds. The van der Waals surface area contributed by atoms with E-state index in [1.54, 1.807) is 22.8 Å². The number of hydrogen-bond acceptors (Lipinski definition) is 3. The van der Waals surface area contributed by atoms with Crippen molar-refractivity contribution in [3.8, 4) is 11.4 Å². The van der Waals surface area contributed by atoms with Gasteiger partial charge in [-0.2, -0.15) is 0 Å². The number of rotatable bonds is 1. The third-order valence-electron chi connectivity index (χ3n) is 2.48. The average molecular weight is 289 g/mol. The zero-order valence-electron chi connectivity index (χ0n) is 8.84. The van der Waals surface area contributed by atoms with Crippen LogP contribution in [0, 0.1) is 0 Å². The summed E-state index contributed by atoms with van der Waals surface area (Å²) in [4.78, 5) is 4.45. The molecule has 0 aliphatic rings. The summed E-state index contributed by atoms with van der Waals surface area (Å²) in [5, 5.41) is 4.40. The zero-order valence-corrected chi connectivity index (χ0v) is 10.4. The van der Waals surface area contributed by atoms with Crippen LogP contribution in [0.3, 0.4) is 0 Å². The molecular formula is C12H9BrN4. The minimum atomic E-state index is 0.683.